The van der Waals surface area contributed by atoms with Crippen LogP contribution >= 0.6 is 0 Å². The van der Waals surface area contributed by atoms with Crippen LogP contribution in [-0.2, 0) is 20.9 Å². The van der Waals surface area contributed by atoms with E-state index >= 15 is 0 Å². The van der Waals surface area contributed by atoms with Gasteiger partial charge >= 0.3 is 0 Å². The first kappa shape index (κ1) is 23.4. The zero-order valence-electron chi connectivity index (χ0n) is 21.4. The molecule has 4 heterocycles. The number of hydrogen-bond acceptors (Lipinski definition) is 5. The number of benzene rings is 1. The number of para-hydroxylation sites is 1. The van der Waals surface area contributed by atoms with E-state index < -0.39 is 17.3 Å². The second-order valence-corrected chi connectivity index (χ2v) is 11.3. The molecular weight excluding hydrogens is 476 g/mol. The number of Topliss-reactive ketones (excluding diaryl/α,β-unsaturated/α-hetero) is 1. The van der Waals surface area contributed by atoms with Crippen molar-refractivity contribution in [2.75, 3.05) is 13.1 Å². The molecule has 2 aliphatic carbocycles. The Balaban J connectivity index is 1.12. The van der Waals surface area contributed by atoms with Crippen molar-refractivity contribution in [3.8, 4) is 0 Å². The van der Waals surface area contributed by atoms with Crippen molar-refractivity contribution < 1.29 is 14.4 Å². The number of rotatable bonds is 4. The Morgan fingerprint density at radius 2 is 1.87 bits per heavy atom. The predicted octanol–water partition coefficient (Wildman–Crippen LogP) is 3.97. The minimum absolute atomic E-state index is 0.0871. The number of piperidine rings is 2. The van der Waals surface area contributed by atoms with E-state index in [9.17, 15) is 14.4 Å². The van der Waals surface area contributed by atoms with Crippen molar-refractivity contribution >= 4 is 28.5 Å². The fourth-order valence-corrected chi connectivity index (χ4v) is 7.40. The van der Waals surface area contributed by atoms with Crippen LogP contribution in [0.4, 0.5) is 0 Å². The lowest BCUT2D eigenvalue weighted by atomic mass is 9.57. The lowest BCUT2D eigenvalue weighted by molar-refractivity contribution is -0.143. The van der Waals surface area contributed by atoms with Crippen LogP contribution in [0.2, 0.25) is 0 Å². The number of aromatic amines is 1. The number of carbonyl (C=O) groups is 3. The van der Waals surface area contributed by atoms with Crippen LogP contribution in [0.25, 0.3) is 10.9 Å². The van der Waals surface area contributed by atoms with Crippen LogP contribution in [0.3, 0.4) is 0 Å². The van der Waals surface area contributed by atoms with Crippen LogP contribution < -0.4 is 5.32 Å². The van der Waals surface area contributed by atoms with Crippen molar-refractivity contribution in [3.05, 3.63) is 83.9 Å². The van der Waals surface area contributed by atoms with Gasteiger partial charge in [-0.05, 0) is 42.4 Å². The number of ketones is 1. The van der Waals surface area contributed by atoms with E-state index in [0.29, 0.717) is 18.9 Å². The average molecular weight is 509 g/mol. The number of carbonyl (C=O) groups excluding carboxylic acids is 3. The molecule has 5 aliphatic rings. The molecule has 2 fully saturated rings. The number of allylic oxidation sites excluding steroid dienone is 5. The number of imide groups is 1. The molecule has 0 saturated carbocycles. The molecule has 0 bridgehead atoms. The summed E-state index contributed by atoms with van der Waals surface area (Å²) < 4.78 is 0. The molecule has 0 radical (unpaired) electrons. The van der Waals surface area contributed by atoms with Crippen molar-refractivity contribution in [2.24, 2.45) is 17.3 Å². The van der Waals surface area contributed by atoms with E-state index in [2.05, 4.69) is 74.9 Å². The Kier molecular flexibility index (Phi) is 5.51. The number of aromatic nitrogens is 1. The average Bonchev–Trinajstić information content (AvgIpc) is 3.48. The second-order valence-electron chi connectivity index (χ2n) is 11.3. The monoisotopic (exact) mass is 508 g/mol. The first-order chi connectivity index (χ1) is 18.5. The number of H-pyrrole nitrogens is 1. The number of nitrogens with zero attached hydrogens (tertiary/aromatic N) is 2. The van der Waals surface area contributed by atoms with E-state index in [1.165, 1.54) is 16.6 Å². The van der Waals surface area contributed by atoms with Crippen LogP contribution in [0.15, 0.2) is 78.2 Å². The van der Waals surface area contributed by atoms with Gasteiger partial charge in [-0.2, -0.15) is 0 Å². The maximum absolute atomic E-state index is 13.5. The molecule has 7 rings (SSSR count). The summed E-state index contributed by atoms with van der Waals surface area (Å²) in [6, 6.07) is 11.0. The third kappa shape index (κ3) is 3.63. The van der Waals surface area contributed by atoms with Gasteiger partial charge in [0.25, 0.3) is 0 Å². The highest BCUT2D eigenvalue weighted by Crippen LogP contribution is 2.58. The minimum Gasteiger partial charge on any atom is -0.357 e. The lowest BCUT2D eigenvalue weighted by Gasteiger charge is -2.47. The van der Waals surface area contributed by atoms with Gasteiger partial charge in [-0.3, -0.25) is 24.6 Å². The molecule has 1 spiro atoms. The van der Waals surface area contributed by atoms with Gasteiger partial charge in [-0.15, -0.1) is 0 Å². The molecule has 3 unspecified atom stereocenters. The van der Waals surface area contributed by atoms with Gasteiger partial charge < -0.3 is 9.88 Å². The summed E-state index contributed by atoms with van der Waals surface area (Å²) in [5, 5.41) is 3.74. The fourth-order valence-electron chi connectivity index (χ4n) is 7.40. The van der Waals surface area contributed by atoms with Crippen LogP contribution in [-0.4, -0.2) is 51.5 Å². The van der Waals surface area contributed by atoms with E-state index in [1.54, 1.807) is 0 Å². The standard InChI is InChI=1S/C31H32N4O3/c36-26-9-10-27-31(29(26)24-8-11-28(37)33-30(24)38)14-4-3-6-21(31)18-35(27)23-12-15-34(16-13-23)19-22-17-20-5-1-2-7-25(20)32-22/h1-7,10,14,17-18,23-24,29,32H,8-9,11-13,15-16,19H2,(H,33,37,38). The Bertz CT molecular complexity index is 1420. The van der Waals surface area contributed by atoms with Gasteiger partial charge in [0.05, 0.1) is 11.3 Å². The summed E-state index contributed by atoms with van der Waals surface area (Å²) >= 11 is 0. The SMILES string of the molecule is O=C1CCC(C2C(=O)CC=C3N(C4CCN(Cc5cc6ccccc6[nH]5)CC4)C=C4C=CC=CC432)C(=O)N1. The highest BCUT2D eigenvalue weighted by Gasteiger charge is 2.58. The van der Waals surface area contributed by atoms with Gasteiger partial charge in [-0.25, -0.2) is 0 Å². The molecule has 1 aromatic carbocycles. The molecule has 3 atom stereocenters. The van der Waals surface area contributed by atoms with E-state index in [-0.39, 0.29) is 24.0 Å². The van der Waals surface area contributed by atoms with Crippen molar-refractivity contribution in [1.82, 2.24) is 20.1 Å². The molecule has 1 aromatic heterocycles. The number of fused-ring (bicyclic) bond motifs is 1. The Morgan fingerprint density at radius 3 is 2.68 bits per heavy atom. The summed E-state index contributed by atoms with van der Waals surface area (Å²) in [5.41, 5.74) is 4.01. The topological polar surface area (TPSA) is 85.5 Å². The van der Waals surface area contributed by atoms with E-state index in [4.69, 9.17) is 0 Å². The molecule has 2 amide bonds. The molecular formula is C31H32N4O3. The number of nitrogens with one attached hydrogen (secondary N) is 2. The third-order valence-corrected chi connectivity index (χ3v) is 9.15. The maximum Gasteiger partial charge on any atom is 0.230 e. The quantitative estimate of drug-likeness (QED) is 0.611. The molecule has 3 aliphatic heterocycles. The van der Waals surface area contributed by atoms with Crippen LogP contribution in [0.1, 0.15) is 37.8 Å². The number of hydrogen-bond donors (Lipinski definition) is 2. The van der Waals surface area contributed by atoms with Crippen molar-refractivity contribution in [3.63, 3.8) is 0 Å². The Labute approximate surface area is 221 Å². The van der Waals surface area contributed by atoms with Gasteiger partial charge in [0, 0.05) is 67.5 Å². The Morgan fingerprint density at radius 1 is 1.03 bits per heavy atom. The largest absolute Gasteiger partial charge is 0.357 e. The highest BCUT2D eigenvalue weighted by atomic mass is 16.2. The highest BCUT2D eigenvalue weighted by molar-refractivity contribution is 6.02. The second kappa shape index (κ2) is 8.95. The summed E-state index contributed by atoms with van der Waals surface area (Å²) in [4.78, 5) is 46.7. The van der Waals surface area contributed by atoms with Crippen LogP contribution in [0.5, 0.6) is 0 Å². The Hall–Kier alpha value is -3.71. The summed E-state index contributed by atoms with van der Waals surface area (Å²) in [6.07, 6.45) is 15.7. The fraction of sp³-hybridized carbons (Fsp3) is 0.387. The number of amides is 2. The normalized spacial score (nSPS) is 29.8. The molecule has 38 heavy (non-hydrogen) atoms. The zero-order valence-corrected chi connectivity index (χ0v) is 21.4. The molecule has 2 saturated heterocycles. The van der Waals surface area contributed by atoms with Crippen LogP contribution in [0, 0.1) is 17.3 Å². The molecule has 2 aromatic rings. The summed E-state index contributed by atoms with van der Waals surface area (Å²) in [6.45, 7) is 2.91. The predicted molar refractivity (Wildman–Crippen MR) is 144 cm³/mol. The number of likely N-dealkylation sites (tertiary alicyclic amines) is 1. The minimum atomic E-state index is -0.631. The molecule has 7 nitrogen and oxygen atoms in total. The van der Waals surface area contributed by atoms with Gasteiger partial charge in [0.15, 0.2) is 0 Å². The third-order valence-electron chi connectivity index (χ3n) is 9.15. The van der Waals surface area contributed by atoms with Gasteiger partial charge in [-0.1, -0.05) is 48.6 Å². The molecule has 7 heteroatoms. The van der Waals surface area contributed by atoms with Crippen molar-refractivity contribution in [1.29, 1.82) is 0 Å². The first-order valence-electron chi connectivity index (χ1n) is 13.8. The summed E-state index contributed by atoms with van der Waals surface area (Å²) in [5.74, 6) is -1.45. The first-order valence-corrected chi connectivity index (χ1v) is 13.8. The van der Waals surface area contributed by atoms with E-state index in [1.807, 2.05) is 12.2 Å². The molecule has 2 N–H and O–H groups in total. The maximum atomic E-state index is 13.5. The van der Waals surface area contributed by atoms with Gasteiger partial charge in [0.1, 0.15) is 5.78 Å². The van der Waals surface area contributed by atoms with Crippen molar-refractivity contribution in [2.45, 2.75) is 44.7 Å². The zero-order chi connectivity index (χ0) is 25.9. The molecule has 194 valence electrons. The van der Waals surface area contributed by atoms with E-state index in [0.717, 1.165) is 43.7 Å². The van der Waals surface area contributed by atoms with Gasteiger partial charge in [0.2, 0.25) is 11.8 Å². The summed E-state index contributed by atoms with van der Waals surface area (Å²) in [7, 11) is 0. The smallest absolute Gasteiger partial charge is 0.230 e. The lowest BCUT2D eigenvalue weighted by Crippen LogP contribution is -2.53.